The molecule has 1 aliphatic rings. The minimum absolute atomic E-state index is 0.222. The van der Waals surface area contributed by atoms with Gasteiger partial charge in [-0.15, -0.1) is 0 Å². The van der Waals surface area contributed by atoms with E-state index in [-0.39, 0.29) is 11.8 Å². The van der Waals surface area contributed by atoms with E-state index >= 15 is 0 Å². The van der Waals surface area contributed by atoms with Gasteiger partial charge in [0.1, 0.15) is 0 Å². The maximum Gasteiger partial charge on any atom is 0.223 e. The van der Waals surface area contributed by atoms with Crippen molar-refractivity contribution in [3.8, 4) is 0 Å². The molecule has 100 valence electrons. The average Bonchev–Trinajstić information content (AvgIpc) is 2.72. The summed E-state index contributed by atoms with van der Waals surface area (Å²) in [7, 11) is 0. The fourth-order valence-corrected chi connectivity index (χ4v) is 2.79. The number of nitrogens with one attached hydrogen (secondary N) is 1. The summed E-state index contributed by atoms with van der Waals surface area (Å²) in [6.45, 7) is 5.12. The predicted octanol–water partition coefficient (Wildman–Crippen LogP) is 2.45. The van der Waals surface area contributed by atoms with Crippen molar-refractivity contribution >= 4 is 5.91 Å². The van der Waals surface area contributed by atoms with Crippen molar-refractivity contribution in [3.05, 3.63) is 0 Å². The number of hydrogen-bond donors (Lipinski definition) is 2. The van der Waals surface area contributed by atoms with Gasteiger partial charge in [-0.25, -0.2) is 0 Å². The molecule has 0 aliphatic heterocycles. The lowest BCUT2D eigenvalue weighted by Gasteiger charge is -2.17. The Hall–Kier alpha value is -0.570. The molecule has 0 radical (unpaired) electrons. The first-order valence-electron chi connectivity index (χ1n) is 7.20. The van der Waals surface area contributed by atoms with Crippen molar-refractivity contribution in [3.63, 3.8) is 0 Å². The number of carbonyl (C=O) groups excluding carboxylic acids is 1. The number of rotatable bonds is 7. The molecule has 0 aromatic carbocycles. The molecule has 1 saturated carbocycles. The first-order valence-corrected chi connectivity index (χ1v) is 7.20. The predicted molar refractivity (Wildman–Crippen MR) is 71.6 cm³/mol. The van der Waals surface area contributed by atoms with Crippen molar-refractivity contribution in [2.75, 3.05) is 6.54 Å². The van der Waals surface area contributed by atoms with Gasteiger partial charge in [0, 0.05) is 18.5 Å². The van der Waals surface area contributed by atoms with Gasteiger partial charge in [-0.05, 0) is 38.0 Å². The summed E-state index contributed by atoms with van der Waals surface area (Å²) in [5.74, 6) is 1.09. The number of amides is 1. The highest BCUT2D eigenvalue weighted by Crippen LogP contribution is 2.23. The molecule has 2 unspecified atom stereocenters. The van der Waals surface area contributed by atoms with E-state index in [1.165, 1.54) is 6.42 Å². The summed E-state index contributed by atoms with van der Waals surface area (Å²) in [6.07, 6.45) is 7.58. The summed E-state index contributed by atoms with van der Waals surface area (Å²) in [4.78, 5) is 12.0. The van der Waals surface area contributed by atoms with E-state index in [2.05, 4.69) is 19.2 Å². The summed E-state index contributed by atoms with van der Waals surface area (Å²) >= 11 is 0. The van der Waals surface area contributed by atoms with E-state index < -0.39 is 0 Å². The Kier molecular flexibility index (Phi) is 6.56. The van der Waals surface area contributed by atoms with E-state index in [9.17, 15) is 4.79 Å². The Bertz CT molecular complexity index is 224. The van der Waals surface area contributed by atoms with Crippen LogP contribution in [-0.4, -0.2) is 18.5 Å². The molecule has 3 nitrogen and oxygen atoms in total. The van der Waals surface area contributed by atoms with Gasteiger partial charge in [0.25, 0.3) is 0 Å². The lowest BCUT2D eigenvalue weighted by molar-refractivity contribution is -0.125. The molecule has 0 heterocycles. The molecule has 1 aliphatic carbocycles. The topological polar surface area (TPSA) is 55.1 Å². The van der Waals surface area contributed by atoms with Crippen LogP contribution in [0.25, 0.3) is 0 Å². The summed E-state index contributed by atoms with van der Waals surface area (Å²) < 4.78 is 0. The molecule has 0 saturated heterocycles. The molecule has 2 atom stereocenters. The van der Waals surface area contributed by atoms with Crippen LogP contribution in [0.3, 0.4) is 0 Å². The average molecular weight is 240 g/mol. The van der Waals surface area contributed by atoms with Crippen molar-refractivity contribution in [1.29, 1.82) is 0 Å². The zero-order valence-corrected chi connectivity index (χ0v) is 11.4. The monoisotopic (exact) mass is 240 g/mol. The lowest BCUT2D eigenvalue weighted by Crippen LogP contribution is -2.34. The third-order valence-corrected chi connectivity index (χ3v) is 3.79. The maximum absolute atomic E-state index is 12.0. The van der Waals surface area contributed by atoms with Gasteiger partial charge >= 0.3 is 0 Å². The van der Waals surface area contributed by atoms with Crippen LogP contribution in [0.4, 0.5) is 0 Å². The highest BCUT2D eigenvalue weighted by atomic mass is 16.1. The molecule has 1 fully saturated rings. The van der Waals surface area contributed by atoms with Gasteiger partial charge < -0.3 is 11.1 Å². The minimum atomic E-state index is 0.222. The van der Waals surface area contributed by atoms with Crippen LogP contribution in [0.1, 0.15) is 58.8 Å². The quantitative estimate of drug-likeness (QED) is 0.718. The lowest BCUT2D eigenvalue weighted by atomic mass is 9.97. The highest BCUT2D eigenvalue weighted by molar-refractivity contribution is 5.78. The Balaban J connectivity index is 2.26. The van der Waals surface area contributed by atoms with Crippen LogP contribution in [0.15, 0.2) is 0 Å². The standard InChI is InChI=1S/C14H28N2O/c1-3-5-12(6-4-2)14(17)16-10-11-7-8-13(15)9-11/h11-13H,3-10,15H2,1-2H3,(H,16,17). The van der Waals surface area contributed by atoms with Crippen LogP contribution in [-0.2, 0) is 4.79 Å². The summed E-state index contributed by atoms with van der Waals surface area (Å²) in [5, 5.41) is 3.12. The van der Waals surface area contributed by atoms with Crippen molar-refractivity contribution < 1.29 is 4.79 Å². The van der Waals surface area contributed by atoms with E-state index in [4.69, 9.17) is 5.73 Å². The molecule has 0 bridgehead atoms. The summed E-state index contributed by atoms with van der Waals surface area (Å²) in [5.41, 5.74) is 5.87. The summed E-state index contributed by atoms with van der Waals surface area (Å²) in [6, 6.07) is 0.360. The second-order valence-corrected chi connectivity index (χ2v) is 5.46. The second kappa shape index (κ2) is 7.70. The van der Waals surface area contributed by atoms with Crippen LogP contribution >= 0.6 is 0 Å². The number of carbonyl (C=O) groups is 1. The van der Waals surface area contributed by atoms with Crippen molar-refractivity contribution in [2.24, 2.45) is 17.6 Å². The number of hydrogen-bond acceptors (Lipinski definition) is 2. The van der Waals surface area contributed by atoms with Gasteiger partial charge in [0.15, 0.2) is 0 Å². The maximum atomic E-state index is 12.0. The molecule has 3 heteroatoms. The smallest absolute Gasteiger partial charge is 0.223 e. The van der Waals surface area contributed by atoms with Crippen molar-refractivity contribution in [2.45, 2.75) is 64.8 Å². The van der Waals surface area contributed by atoms with Crippen LogP contribution in [0, 0.1) is 11.8 Å². The number of nitrogens with two attached hydrogens (primary N) is 1. The van der Waals surface area contributed by atoms with Crippen LogP contribution in [0.2, 0.25) is 0 Å². The van der Waals surface area contributed by atoms with Crippen LogP contribution in [0.5, 0.6) is 0 Å². The molecular weight excluding hydrogens is 212 g/mol. The second-order valence-electron chi connectivity index (χ2n) is 5.46. The SMILES string of the molecule is CCCC(CCC)C(=O)NCC1CCC(N)C1. The Morgan fingerprint density at radius 2 is 1.94 bits per heavy atom. The van der Waals surface area contributed by atoms with Crippen molar-refractivity contribution in [1.82, 2.24) is 5.32 Å². The molecule has 1 amide bonds. The highest BCUT2D eigenvalue weighted by Gasteiger charge is 2.23. The molecule has 0 aromatic rings. The molecule has 0 spiro atoms. The molecule has 17 heavy (non-hydrogen) atoms. The third kappa shape index (κ3) is 5.07. The first-order chi connectivity index (χ1) is 8.17. The normalized spacial score (nSPS) is 24.2. The Morgan fingerprint density at radius 1 is 1.29 bits per heavy atom. The van der Waals surface area contributed by atoms with Gasteiger partial charge in [-0.2, -0.15) is 0 Å². The Labute approximate surface area is 106 Å². The van der Waals surface area contributed by atoms with E-state index in [0.717, 1.165) is 45.1 Å². The Morgan fingerprint density at radius 3 is 2.41 bits per heavy atom. The van der Waals surface area contributed by atoms with E-state index in [1.54, 1.807) is 0 Å². The fraction of sp³-hybridized carbons (Fsp3) is 0.929. The fourth-order valence-electron chi connectivity index (χ4n) is 2.79. The minimum Gasteiger partial charge on any atom is -0.356 e. The van der Waals surface area contributed by atoms with E-state index in [0.29, 0.717) is 12.0 Å². The van der Waals surface area contributed by atoms with Gasteiger partial charge in [0.05, 0.1) is 0 Å². The van der Waals surface area contributed by atoms with Gasteiger partial charge in [-0.1, -0.05) is 26.7 Å². The third-order valence-electron chi connectivity index (χ3n) is 3.79. The molecule has 3 N–H and O–H groups in total. The molecule has 0 aromatic heterocycles. The van der Waals surface area contributed by atoms with Crippen LogP contribution < -0.4 is 11.1 Å². The molecular formula is C14H28N2O. The first kappa shape index (κ1) is 14.5. The molecule has 1 rings (SSSR count). The largest absolute Gasteiger partial charge is 0.356 e. The van der Waals surface area contributed by atoms with E-state index in [1.807, 2.05) is 0 Å². The van der Waals surface area contributed by atoms with Gasteiger partial charge in [-0.3, -0.25) is 4.79 Å². The zero-order valence-electron chi connectivity index (χ0n) is 11.4. The van der Waals surface area contributed by atoms with Gasteiger partial charge in [0.2, 0.25) is 5.91 Å². The zero-order chi connectivity index (χ0) is 12.7.